The fourth-order valence-corrected chi connectivity index (χ4v) is 5.13. The Morgan fingerprint density at radius 3 is 2.15 bits per heavy atom. The van der Waals surface area contributed by atoms with Crippen molar-refractivity contribution in [2.45, 2.75) is 68.3 Å². The van der Waals surface area contributed by atoms with Crippen molar-refractivity contribution in [1.82, 2.24) is 0 Å². The van der Waals surface area contributed by atoms with Crippen LogP contribution < -0.4 is 10.2 Å². The third-order valence-electron chi connectivity index (χ3n) is 7.66. The van der Waals surface area contributed by atoms with E-state index in [0.717, 1.165) is 31.2 Å². The first-order chi connectivity index (χ1) is 22.2. The maximum atomic E-state index is 12.9. The Kier molecular flexibility index (Phi) is 9.78. The second kappa shape index (κ2) is 13.5. The molecule has 0 radical (unpaired) electrons. The number of rotatable bonds is 8. The second-order valence-corrected chi connectivity index (χ2v) is 10.9. The largest absolute Gasteiger partial charge is 0.507 e. The predicted octanol–water partition coefficient (Wildman–Crippen LogP) is -2.14. The summed E-state index contributed by atoms with van der Waals surface area (Å²) in [5.74, 6) is -4.20. The molecule has 10 atom stereocenters. The van der Waals surface area contributed by atoms with Gasteiger partial charge in [0, 0.05) is 24.6 Å². The van der Waals surface area contributed by atoms with Gasteiger partial charge in [0.15, 0.2) is 40.7 Å². The van der Waals surface area contributed by atoms with E-state index < -0.39 is 126 Å². The van der Waals surface area contributed by atoms with E-state index in [9.17, 15) is 60.7 Å². The average molecular weight is 669 g/mol. The van der Waals surface area contributed by atoms with Crippen LogP contribution in [0.2, 0.25) is 0 Å². The number of aliphatic hydroxyl groups excluding tert-OH is 6. The molecular weight excluding hydrogens is 636 g/mol. The molecule has 0 aliphatic carbocycles. The fourth-order valence-electron chi connectivity index (χ4n) is 5.13. The van der Waals surface area contributed by atoms with Gasteiger partial charge in [0.05, 0.1) is 6.61 Å². The number of aromatic hydroxyl groups is 4. The number of benzene rings is 2. The van der Waals surface area contributed by atoms with Gasteiger partial charge in [-0.3, -0.25) is 9.59 Å². The molecule has 256 valence electrons. The topological polar surface area (TPSA) is 296 Å². The highest BCUT2D eigenvalue weighted by Crippen LogP contribution is 2.42. The van der Waals surface area contributed by atoms with Crippen LogP contribution >= 0.6 is 0 Å². The van der Waals surface area contributed by atoms with E-state index in [0.29, 0.717) is 0 Å². The maximum absolute atomic E-state index is 12.9. The SMILES string of the molecule is CC(=O)OCC1OC(OC2C(Oc3cc(O)c4c(=O)cc(-c5ccc(O)c(O)c5)oc4c3O)OC(CO)C(O)C2O)C(O)C(O)C1O. The van der Waals surface area contributed by atoms with Crippen LogP contribution in [0.15, 0.2) is 39.5 Å². The summed E-state index contributed by atoms with van der Waals surface area (Å²) in [6.45, 7) is -0.342. The van der Waals surface area contributed by atoms with E-state index in [1.54, 1.807) is 0 Å². The van der Waals surface area contributed by atoms with E-state index in [4.69, 9.17) is 28.1 Å². The van der Waals surface area contributed by atoms with Crippen LogP contribution in [0.3, 0.4) is 0 Å². The minimum Gasteiger partial charge on any atom is -0.507 e. The Morgan fingerprint density at radius 2 is 1.49 bits per heavy atom. The summed E-state index contributed by atoms with van der Waals surface area (Å²) in [5.41, 5.74) is -1.32. The molecule has 0 bridgehead atoms. The molecule has 18 nitrogen and oxygen atoms in total. The Labute approximate surface area is 263 Å². The zero-order chi connectivity index (χ0) is 34.3. The van der Waals surface area contributed by atoms with E-state index in [1.165, 1.54) is 6.07 Å². The molecule has 2 aliphatic rings. The Hall–Kier alpha value is -4.24. The molecule has 2 saturated heterocycles. The lowest BCUT2D eigenvalue weighted by atomic mass is 9.97. The normalized spacial score (nSPS) is 31.0. The second-order valence-electron chi connectivity index (χ2n) is 10.9. The monoisotopic (exact) mass is 668 g/mol. The molecule has 10 N–H and O–H groups in total. The van der Waals surface area contributed by atoms with Gasteiger partial charge in [-0.05, 0) is 18.2 Å². The molecule has 3 aromatic rings. The minimum absolute atomic E-state index is 0.0989. The van der Waals surface area contributed by atoms with Crippen molar-refractivity contribution in [2.75, 3.05) is 13.2 Å². The molecule has 2 aromatic carbocycles. The zero-order valence-electron chi connectivity index (χ0n) is 24.3. The Morgan fingerprint density at radius 1 is 0.809 bits per heavy atom. The number of ether oxygens (including phenoxy) is 5. The van der Waals surface area contributed by atoms with Crippen LogP contribution in [-0.2, 0) is 23.7 Å². The van der Waals surface area contributed by atoms with Crippen LogP contribution in [0.1, 0.15) is 6.92 Å². The molecule has 0 spiro atoms. The smallest absolute Gasteiger partial charge is 0.302 e. The number of phenolic OH excluding ortho intramolecular Hbond substituents is 4. The van der Waals surface area contributed by atoms with Gasteiger partial charge < -0.3 is 79.2 Å². The van der Waals surface area contributed by atoms with Crippen molar-refractivity contribution in [1.29, 1.82) is 0 Å². The molecule has 0 amide bonds. The fraction of sp³-hybridized carbons (Fsp3) is 0.448. The summed E-state index contributed by atoms with van der Waals surface area (Å²) in [4.78, 5) is 24.2. The summed E-state index contributed by atoms with van der Waals surface area (Å²) in [7, 11) is 0. The first kappa shape index (κ1) is 34.1. The number of carbonyl (C=O) groups excluding carboxylic acids is 1. The maximum Gasteiger partial charge on any atom is 0.302 e. The third kappa shape index (κ3) is 6.63. The van der Waals surface area contributed by atoms with Crippen LogP contribution in [0.25, 0.3) is 22.3 Å². The van der Waals surface area contributed by atoms with Gasteiger partial charge in [0.2, 0.25) is 12.0 Å². The number of aliphatic hydroxyl groups is 6. The summed E-state index contributed by atoms with van der Waals surface area (Å²) < 4.78 is 32.8. The van der Waals surface area contributed by atoms with Gasteiger partial charge in [-0.25, -0.2) is 0 Å². The van der Waals surface area contributed by atoms with Crippen molar-refractivity contribution < 1.29 is 84.0 Å². The average Bonchev–Trinajstić information content (AvgIpc) is 3.03. The van der Waals surface area contributed by atoms with E-state index >= 15 is 0 Å². The molecule has 2 fully saturated rings. The summed E-state index contributed by atoms with van der Waals surface area (Å²) in [6.07, 6.45) is -17.9. The van der Waals surface area contributed by atoms with Crippen LogP contribution in [0, 0.1) is 0 Å². The molecule has 18 heteroatoms. The number of carbonyl (C=O) groups is 1. The Bertz CT molecular complexity index is 1670. The highest BCUT2D eigenvalue weighted by Gasteiger charge is 2.51. The van der Waals surface area contributed by atoms with Gasteiger partial charge >= 0.3 is 5.97 Å². The van der Waals surface area contributed by atoms with Gasteiger partial charge in [-0.2, -0.15) is 0 Å². The molecule has 5 rings (SSSR count). The lowest BCUT2D eigenvalue weighted by Crippen LogP contribution is -2.65. The van der Waals surface area contributed by atoms with Crippen LogP contribution in [0.4, 0.5) is 0 Å². The zero-order valence-corrected chi connectivity index (χ0v) is 24.3. The molecule has 2 aliphatic heterocycles. The number of hydrogen-bond acceptors (Lipinski definition) is 18. The molecule has 10 unspecified atom stereocenters. The summed E-state index contributed by atoms with van der Waals surface area (Å²) >= 11 is 0. The van der Waals surface area contributed by atoms with Crippen molar-refractivity contribution in [2.24, 2.45) is 0 Å². The predicted molar refractivity (Wildman–Crippen MR) is 151 cm³/mol. The quantitative estimate of drug-likeness (QED) is 0.0695. The highest BCUT2D eigenvalue weighted by molar-refractivity contribution is 5.91. The molecule has 47 heavy (non-hydrogen) atoms. The van der Waals surface area contributed by atoms with Gasteiger partial charge in [-0.1, -0.05) is 0 Å². The van der Waals surface area contributed by atoms with E-state index in [2.05, 4.69) is 0 Å². The molecule has 1 aromatic heterocycles. The molecular formula is C29H32O18. The van der Waals surface area contributed by atoms with Crippen molar-refractivity contribution >= 4 is 16.9 Å². The third-order valence-corrected chi connectivity index (χ3v) is 7.66. The number of hydrogen-bond donors (Lipinski definition) is 10. The molecule has 0 saturated carbocycles. The van der Waals surface area contributed by atoms with E-state index in [-0.39, 0.29) is 11.3 Å². The van der Waals surface area contributed by atoms with Gasteiger partial charge in [0.1, 0.15) is 66.2 Å². The highest BCUT2D eigenvalue weighted by atomic mass is 16.8. The number of esters is 1. The summed E-state index contributed by atoms with van der Waals surface area (Å²) in [5, 5.41) is 103. The lowest BCUT2D eigenvalue weighted by molar-refractivity contribution is -0.358. The van der Waals surface area contributed by atoms with Crippen molar-refractivity contribution in [3.8, 4) is 40.1 Å². The molecule has 3 heterocycles. The van der Waals surface area contributed by atoms with E-state index in [1.807, 2.05) is 0 Å². The van der Waals surface area contributed by atoms with Crippen molar-refractivity contribution in [3.05, 3.63) is 40.6 Å². The standard InChI is InChI=1S/C29H32O18/c1-9(31)42-8-18-21(37)23(39)25(41)28(46-18)47-27-24(40)20(36)17(7-30)45-29(27)44-16-6-14(35)19-13(34)5-15(43-26(19)22(16)38)10-2-3-11(32)12(33)4-10/h2-6,17-18,20-21,23-25,27-30,32-33,35-41H,7-8H2,1H3. The van der Waals surface area contributed by atoms with Crippen molar-refractivity contribution in [3.63, 3.8) is 0 Å². The summed E-state index contributed by atoms with van der Waals surface area (Å²) in [6, 6.07) is 5.25. The lowest BCUT2D eigenvalue weighted by Gasteiger charge is -2.45. The first-order valence-electron chi connectivity index (χ1n) is 14.0. The van der Waals surface area contributed by atoms with Gasteiger partial charge in [-0.15, -0.1) is 0 Å². The number of phenols is 4. The van der Waals surface area contributed by atoms with Crippen LogP contribution in [0.5, 0.6) is 28.7 Å². The van der Waals surface area contributed by atoms with Crippen LogP contribution in [-0.4, -0.2) is 132 Å². The first-order valence-corrected chi connectivity index (χ1v) is 14.0. The minimum atomic E-state index is -1.97. The Balaban J connectivity index is 1.50. The van der Waals surface area contributed by atoms with Gasteiger partial charge in [0.25, 0.3) is 0 Å². The number of fused-ring (bicyclic) bond motifs is 1.